The van der Waals surface area contributed by atoms with E-state index in [9.17, 15) is 4.79 Å². The van der Waals surface area contributed by atoms with Crippen molar-refractivity contribution >= 4 is 17.8 Å². The normalized spacial score (nSPS) is 10.6. The highest BCUT2D eigenvalue weighted by molar-refractivity contribution is 5.95. The lowest BCUT2D eigenvalue weighted by atomic mass is 10.2. The summed E-state index contributed by atoms with van der Waals surface area (Å²) in [5, 5.41) is 4.00. The molecule has 126 valence electrons. The maximum absolute atomic E-state index is 12.0. The number of carbonyl (C=O) groups is 1. The van der Waals surface area contributed by atoms with Crippen LogP contribution in [-0.4, -0.2) is 32.8 Å². The number of hydrogen-bond donors (Lipinski definition) is 1. The number of rotatable bonds is 7. The molecule has 0 saturated heterocycles. The highest BCUT2D eigenvalue weighted by Crippen LogP contribution is 2.13. The Kier molecular flexibility index (Phi) is 6.37. The molecule has 5 nitrogen and oxygen atoms in total. The van der Waals surface area contributed by atoms with Gasteiger partial charge in [-0.1, -0.05) is 19.1 Å². The van der Waals surface area contributed by atoms with E-state index in [1.807, 2.05) is 50.2 Å². The second-order valence-electron chi connectivity index (χ2n) is 5.56. The summed E-state index contributed by atoms with van der Waals surface area (Å²) in [5.74, 6) is 0.510. The van der Waals surface area contributed by atoms with E-state index >= 15 is 0 Å². The van der Waals surface area contributed by atoms with Gasteiger partial charge in [-0.25, -0.2) is 5.43 Å². The zero-order chi connectivity index (χ0) is 17.4. The lowest BCUT2D eigenvalue weighted by Crippen LogP contribution is -2.17. The molecule has 0 bridgehead atoms. The summed E-state index contributed by atoms with van der Waals surface area (Å²) in [6, 6.07) is 14.9. The molecule has 0 saturated carbocycles. The first-order chi connectivity index (χ1) is 11.6. The summed E-state index contributed by atoms with van der Waals surface area (Å²) in [4.78, 5) is 14.1. The zero-order valence-electron chi connectivity index (χ0n) is 14.3. The van der Waals surface area contributed by atoms with Crippen molar-refractivity contribution in [3.63, 3.8) is 0 Å². The number of carbonyl (C=O) groups excluding carboxylic acids is 1. The average Bonchev–Trinajstić information content (AvgIpc) is 2.60. The third-order valence-electron chi connectivity index (χ3n) is 3.38. The molecular weight excluding hydrogens is 302 g/mol. The molecule has 0 unspecified atom stereocenters. The Morgan fingerprint density at radius 1 is 1.12 bits per heavy atom. The number of amides is 1. The second kappa shape index (κ2) is 8.72. The molecule has 1 amide bonds. The van der Waals surface area contributed by atoms with Crippen LogP contribution in [0.2, 0.25) is 0 Å². The summed E-state index contributed by atoms with van der Waals surface area (Å²) in [6.45, 7) is 2.72. The van der Waals surface area contributed by atoms with Gasteiger partial charge in [-0.3, -0.25) is 4.79 Å². The fourth-order valence-corrected chi connectivity index (χ4v) is 2.01. The van der Waals surface area contributed by atoms with Crippen molar-refractivity contribution in [1.29, 1.82) is 0 Å². The fraction of sp³-hybridized carbons (Fsp3) is 0.263. The first-order valence-electron chi connectivity index (χ1n) is 7.94. The Morgan fingerprint density at radius 3 is 2.38 bits per heavy atom. The van der Waals surface area contributed by atoms with E-state index in [-0.39, 0.29) is 5.91 Å². The van der Waals surface area contributed by atoms with E-state index in [0.29, 0.717) is 12.2 Å². The second-order valence-corrected chi connectivity index (χ2v) is 5.56. The van der Waals surface area contributed by atoms with Gasteiger partial charge in [0, 0.05) is 25.3 Å². The molecular formula is C19H23N3O2. The molecule has 2 aromatic carbocycles. The van der Waals surface area contributed by atoms with Crippen molar-refractivity contribution in [2.24, 2.45) is 5.10 Å². The number of hydrogen-bond acceptors (Lipinski definition) is 4. The maximum atomic E-state index is 12.0. The van der Waals surface area contributed by atoms with Crippen LogP contribution in [0, 0.1) is 0 Å². The SMILES string of the molecule is CCCOc1ccc(C(=O)N/N=C/c2ccc(N(C)C)cc2)cc1. The Labute approximate surface area is 142 Å². The molecule has 0 aromatic heterocycles. The molecule has 5 heteroatoms. The van der Waals surface area contributed by atoms with E-state index in [0.717, 1.165) is 23.4 Å². The van der Waals surface area contributed by atoms with Crippen molar-refractivity contribution in [3.8, 4) is 5.75 Å². The van der Waals surface area contributed by atoms with Gasteiger partial charge >= 0.3 is 0 Å². The van der Waals surface area contributed by atoms with Gasteiger partial charge in [0.2, 0.25) is 0 Å². The summed E-state index contributed by atoms with van der Waals surface area (Å²) in [5.41, 5.74) is 5.10. The maximum Gasteiger partial charge on any atom is 0.271 e. The Balaban J connectivity index is 1.89. The van der Waals surface area contributed by atoms with E-state index in [4.69, 9.17) is 4.74 Å². The highest BCUT2D eigenvalue weighted by Gasteiger charge is 2.04. The van der Waals surface area contributed by atoms with Crippen LogP contribution in [0.3, 0.4) is 0 Å². The quantitative estimate of drug-likeness (QED) is 0.628. The molecule has 0 heterocycles. The van der Waals surface area contributed by atoms with E-state index in [1.165, 1.54) is 0 Å². The first kappa shape index (κ1) is 17.5. The van der Waals surface area contributed by atoms with Gasteiger partial charge < -0.3 is 9.64 Å². The fourth-order valence-electron chi connectivity index (χ4n) is 2.01. The third kappa shape index (κ3) is 5.12. The van der Waals surface area contributed by atoms with E-state index in [2.05, 4.69) is 10.5 Å². The minimum absolute atomic E-state index is 0.252. The number of nitrogens with one attached hydrogen (secondary N) is 1. The van der Waals surface area contributed by atoms with Crippen LogP contribution >= 0.6 is 0 Å². The van der Waals surface area contributed by atoms with Crippen LogP contribution in [0.1, 0.15) is 29.3 Å². The molecule has 0 spiro atoms. The molecule has 24 heavy (non-hydrogen) atoms. The van der Waals surface area contributed by atoms with Crippen molar-refractivity contribution < 1.29 is 9.53 Å². The predicted octanol–water partition coefficient (Wildman–Crippen LogP) is 3.31. The molecule has 0 fully saturated rings. The van der Waals surface area contributed by atoms with Crippen molar-refractivity contribution in [2.75, 3.05) is 25.6 Å². The minimum Gasteiger partial charge on any atom is -0.494 e. The monoisotopic (exact) mass is 325 g/mol. The number of hydrazone groups is 1. The smallest absolute Gasteiger partial charge is 0.271 e. The van der Waals surface area contributed by atoms with Crippen molar-refractivity contribution in [3.05, 3.63) is 59.7 Å². The molecule has 2 rings (SSSR count). The lowest BCUT2D eigenvalue weighted by Gasteiger charge is -2.11. The van der Waals surface area contributed by atoms with Gasteiger partial charge in [-0.15, -0.1) is 0 Å². The van der Waals surface area contributed by atoms with E-state index in [1.54, 1.807) is 30.5 Å². The summed E-state index contributed by atoms with van der Waals surface area (Å²) in [7, 11) is 3.98. The summed E-state index contributed by atoms with van der Waals surface area (Å²) < 4.78 is 5.49. The molecule has 2 aromatic rings. The highest BCUT2D eigenvalue weighted by atomic mass is 16.5. The van der Waals surface area contributed by atoms with Crippen LogP contribution in [-0.2, 0) is 0 Å². The lowest BCUT2D eigenvalue weighted by molar-refractivity contribution is 0.0955. The molecule has 0 aliphatic carbocycles. The third-order valence-corrected chi connectivity index (χ3v) is 3.38. The Morgan fingerprint density at radius 2 is 1.79 bits per heavy atom. The number of nitrogens with zero attached hydrogens (tertiary/aromatic N) is 2. The van der Waals surface area contributed by atoms with Gasteiger partial charge in [0.05, 0.1) is 12.8 Å². The van der Waals surface area contributed by atoms with Gasteiger partial charge in [-0.2, -0.15) is 5.10 Å². The zero-order valence-corrected chi connectivity index (χ0v) is 14.3. The van der Waals surface area contributed by atoms with Gasteiger partial charge in [-0.05, 0) is 48.4 Å². The van der Waals surface area contributed by atoms with Crippen LogP contribution in [0.5, 0.6) is 5.75 Å². The molecule has 0 atom stereocenters. The molecule has 0 aliphatic heterocycles. The number of anilines is 1. The summed E-state index contributed by atoms with van der Waals surface area (Å²) >= 11 is 0. The Bertz CT molecular complexity index is 677. The van der Waals surface area contributed by atoms with E-state index < -0.39 is 0 Å². The molecule has 0 radical (unpaired) electrons. The molecule has 0 aliphatic rings. The van der Waals surface area contributed by atoms with Crippen LogP contribution in [0.15, 0.2) is 53.6 Å². The largest absolute Gasteiger partial charge is 0.494 e. The Hall–Kier alpha value is -2.82. The van der Waals surface area contributed by atoms with Crippen LogP contribution in [0.4, 0.5) is 5.69 Å². The number of ether oxygens (including phenoxy) is 1. The topological polar surface area (TPSA) is 53.9 Å². The van der Waals surface area contributed by atoms with Gasteiger partial charge in [0.1, 0.15) is 5.75 Å². The number of benzene rings is 2. The van der Waals surface area contributed by atoms with Crippen LogP contribution in [0.25, 0.3) is 0 Å². The van der Waals surface area contributed by atoms with Crippen molar-refractivity contribution in [2.45, 2.75) is 13.3 Å². The summed E-state index contributed by atoms with van der Waals surface area (Å²) in [6.07, 6.45) is 2.57. The molecule has 1 N–H and O–H groups in total. The van der Waals surface area contributed by atoms with Crippen molar-refractivity contribution in [1.82, 2.24) is 5.43 Å². The average molecular weight is 325 g/mol. The minimum atomic E-state index is -0.252. The predicted molar refractivity (Wildman–Crippen MR) is 98.1 cm³/mol. The van der Waals surface area contributed by atoms with Gasteiger partial charge in [0.15, 0.2) is 0 Å². The van der Waals surface area contributed by atoms with Crippen LogP contribution < -0.4 is 15.1 Å². The standard InChI is InChI=1S/C19H23N3O2/c1-4-13-24-18-11-7-16(8-12-18)19(23)21-20-14-15-5-9-17(10-6-15)22(2)3/h5-12,14H,4,13H2,1-3H3,(H,21,23)/b20-14+. The first-order valence-corrected chi connectivity index (χ1v) is 7.94. The van der Waals surface area contributed by atoms with Gasteiger partial charge in [0.25, 0.3) is 5.91 Å².